The summed E-state index contributed by atoms with van der Waals surface area (Å²) in [5, 5.41) is 6.37. The molecule has 2 N–H and O–H groups in total. The van der Waals surface area contributed by atoms with E-state index >= 15 is 0 Å². The van der Waals surface area contributed by atoms with Crippen molar-refractivity contribution in [2.75, 3.05) is 29.9 Å². The third-order valence-corrected chi connectivity index (χ3v) is 4.87. The molecule has 1 fully saturated rings. The van der Waals surface area contributed by atoms with Gasteiger partial charge in [-0.15, -0.1) is 0 Å². The fraction of sp³-hybridized carbons (Fsp3) is 0.562. The zero-order valence-electron chi connectivity index (χ0n) is 12.4. The monoisotopic (exact) mass is 292 g/mol. The number of hydrogen-bond donors (Lipinski definition) is 2. The minimum Gasteiger partial charge on any atom is -0.325 e. The number of carbonyl (C=O) groups excluding carboxylic acids is 1. The van der Waals surface area contributed by atoms with Crippen LogP contribution < -0.4 is 10.6 Å². The van der Waals surface area contributed by atoms with E-state index in [-0.39, 0.29) is 5.91 Å². The minimum absolute atomic E-state index is 0.107. The highest BCUT2D eigenvalue weighted by Gasteiger charge is 2.13. The van der Waals surface area contributed by atoms with E-state index in [1.54, 1.807) is 11.8 Å². The number of amides is 1. The van der Waals surface area contributed by atoms with Gasteiger partial charge in [-0.3, -0.25) is 4.79 Å². The van der Waals surface area contributed by atoms with Gasteiger partial charge < -0.3 is 10.6 Å². The summed E-state index contributed by atoms with van der Waals surface area (Å²) in [7, 11) is 0. The quantitative estimate of drug-likeness (QED) is 0.876. The van der Waals surface area contributed by atoms with Crippen LogP contribution in [0, 0.1) is 19.8 Å². The predicted molar refractivity (Wildman–Crippen MR) is 87.5 cm³/mol. The lowest BCUT2D eigenvalue weighted by Gasteiger charge is -2.21. The van der Waals surface area contributed by atoms with Crippen molar-refractivity contribution in [1.29, 1.82) is 0 Å². The van der Waals surface area contributed by atoms with E-state index in [9.17, 15) is 4.79 Å². The van der Waals surface area contributed by atoms with E-state index in [1.165, 1.54) is 18.4 Å². The first kappa shape index (κ1) is 15.4. The smallest absolute Gasteiger partial charge is 0.234 e. The highest BCUT2D eigenvalue weighted by atomic mass is 32.2. The average molecular weight is 292 g/mol. The second kappa shape index (κ2) is 7.70. The Balaban J connectivity index is 1.72. The number of benzene rings is 1. The van der Waals surface area contributed by atoms with Crippen LogP contribution in [0.1, 0.15) is 24.0 Å². The first-order valence-electron chi connectivity index (χ1n) is 7.30. The van der Waals surface area contributed by atoms with Crippen LogP contribution in [0.25, 0.3) is 0 Å². The van der Waals surface area contributed by atoms with E-state index in [4.69, 9.17) is 0 Å². The van der Waals surface area contributed by atoms with Crippen LogP contribution in [0.5, 0.6) is 0 Å². The van der Waals surface area contributed by atoms with Gasteiger partial charge in [0.25, 0.3) is 0 Å². The van der Waals surface area contributed by atoms with Crippen molar-refractivity contribution in [1.82, 2.24) is 5.32 Å². The molecule has 0 atom stereocenters. The summed E-state index contributed by atoms with van der Waals surface area (Å²) in [5.41, 5.74) is 3.28. The molecule has 0 aliphatic carbocycles. The van der Waals surface area contributed by atoms with Crippen molar-refractivity contribution < 1.29 is 4.79 Å². The van der Waals surface area contributed by atoms with Gasteiger partial charge in [0.05, 0.1) is 5.75 Å². The van der Waals surface area contributed by atoms with E-state index in [1.807, 2.05) is 19.1 Å². The number of anilines is 1. The molecule has 20 heavy (non-hydrogen) atoms. The van der Waals surface area contributed by atoms with Gasteiger partial charge in [-0.1, -0.05) is 17.7 Å². The van der Waals surface area contributed by atoms with Crippen LogP contribution >= 0.6 is 11.8 Å². The van der Waals surface area contributed by atoms with Crippen molar-refractivity contribution in [2.45, 2.75) is 26.7 Å². The van der Waals surface area contributed by atoms with Crippen LogP contribution in [0.3, 0.4) is 0 Å². The maximum Gasteiger partial charge on any atom is 0.234 e. The van der Waals surface area contributed by atoms with Crippen molar-refractivity contribution in [2.24, 2.45) is 5.92 Å². The summed E-state index contributed by atoms with van der Waals surface area (Å²) in [6.07, 6.45) is 2.48. The van der Waals surface area contributed by atoms with E-state index in [0.717, 1.165) is 36.0 Å². The normalized spacial score (nSPS) is 16.1. The molecular weight excluding hydrogens is 268 g/mol. The molecule has 0 spiro atoms. The first-order chi connectivity index (χ1) is 9.65. The lowest BCUT2D eigenvalue weighted by atomic mass is 10.0. The number of nitrogens with one attached hydrogen (secondary N) is 2. The molecule has 1 aromatic carbocycles. The highest BCUT2D eigenvalue weighted by Crippen LogP contribution is 2.19. The number of aryl methyl sites for hydroxylation is 2. The molecular formula is C16H24N2OS. The van der Waals surface area contributed by atoms with E-state index in [2.05, 4.69) is 23.6 Å². The number of carbonyl (C=O) groups is 1. The molecule has 1 aromatic rings. The Morgan fingerprint density at radius 1 is 1.35 bits per heavy atom. The van der Waals surface area contributed by atoms with Crippen molar-refractivity contribution in [3.8, 4) is 0 Å². The second-order valence-corrected chi connectivity index (χ2v) is 6.61. The summed E-state index contributed by atoms with van der Waals surface area (Å²) in [5.74, 6) is 2.53. The Morgan fingerprint density at radius 3 is 2.80 bits per heavy atom. The maximum atomic E-state index is 11.9. The Hall–Kier alpha value is -1.00. The Kier molecular flexibility index (Phi) is 5.92. The third kappa shape index (κ3) is 4.84. The fourth-order valence-electron chi connectivity index (χ4n) is 2.51. The summed E-state index contributed by atoms with van der Waals surface area (Å²) in [6.45, 7) is 6.35. The Bertz CT molecular complexity index is 456. The number of rotatable bonds is 5. The molecule has 0 unspecified atom stereocenters. The van der Waals surface area contributed by atoms with Crippen molar-refractivity contribution >= 4 is 23.4 Å². The topological polar surface area (TPSA) is 41.1 Å². The SMILES string of the molecule is Cc1ccc(NC(=O)CSCC2CCNCC2)c(C)c1. The fourth-order valence-corrected chi connectivity index (χ4v) is 3.55. The molecule has 0 bridgehead atoms. The molecule has 1 amide bonds. The lowest BCUT2D eigenvalue weighted by Crippen LogP contribution is -2.29. The van der Waals surface area contributed by atoms with Gasteiger partial charge >= 0.3 is 0 Å². The zero-order valence-corrected chi connectivity index (χ0v) is 13.2. The second-order valence-electron chi connectivity index (χ2n) is 5.58. The van der Waals surface area contributed by atoms with Crippen molar-refractivity contribution in [3.63, 3.8) is 0 Å². The lowest BCUT2D eigenvalue weighted by molar-refractivity contribution is -0.113. The number of hydrogen-bond acceptors (Lipinski definition) is 3. The number of thioether (sulfide) groups is 1. The Labute approximate surface area is 125 Å². The molecule has 0 radical (unpaired) electrons. The molecule has 0 aromatic heterocycles. The summed E-state index contributed by atoms with van der Waals surface area (Å²) >= 11 is 1.76. The van der Waals surface area contributed by atoms with Gasteiger partial charge in [0.15, 0.2) is 0 Å². The van der Waals surface area contributed by atoms with Crippen LogP contribution in [-0.2, 0) is 4.79 Å². The molecule has 0 saturated carbocycles. The van der Waals surface area contributed by atoms with Gasteiger partial charge in [-0.05, 0) is 63.1 Å². The standard InChI is InChI=1S/C16H24N2OS/c1-12-3-4-15(13(2)9-12)18-16(19)11-20-10-14-5-7-17-8-6-14/h3-4,9,14,17H,5-8,10-11H2,1-2H3,(H,18,19). The average Bonchev–Trinajstić information content (AvgIpc) is 2.43. The third-order valence-electron chi connectivity index (χ3n) is 3.70. The van der Waals surface area contributed by atoms with Gasteiger partial charge in [0, 0.05) is 5.69 Å². The molecule has 1 heterocycles. The van der Waals surface area contributed by atoms with Gasteiger partial charge in [0.1, 0.15) is 0 Å². The summed E-state index contributed by atoms with van der Waals surface area (Å²) in [4.78, 5) is 11.9. The van der Waals surface area contributed by atoms with E-state index in [0.29, 0.717) is 5.75 Å². The van der Waals surface area contributed by atoms with Gasteiger partial charge in [-0.2, -0.15) is 11.8 Å². The molecule has 4 heteroatoms. The summed E-state index contributed by atoms with van der Waals surface area (Å²) < 4.78 is 0. The van der Waals surface area contributed by atoms with Crippen LogP contribution in [0.2, 0.25) is 0 Å². The Morgan fingerprint density at radius 2 is 2.10 bits per heavy atom. The van der Waals surface area contributed by atoms with E-state index < -0.39 is 0 Å². The molecule has 3 nitrogen and oxygen atoms in total. The van der Waals surface area contributed by atoms with Gasteiger partial charge in [-0.25, -0.2) is 0 Å². The number of piperidine rings is 1. The first-order valence-corrected chi connectivity index (χ1v) is 8.46. The molecule has 2 rings (SSSR count). The molecule has 1 aliphatic heterocycles. The van der Waals surface area contributed by atoms with Gasteiger partial charge in [0.2, 0.25) is 5.91 Å². The molecule has 1 aliphatic rings. The minimum atomic E-state index is 0.107. The zero-order chi connectivity index (χ0) is 14.4. The maximum absolute atomic E-state index is 11.9. The van der Waals surface area contributed by atoms with Crippen molar-refractivity contribution in [3.05, 3.63) is 29.3 Å². The van der Waals surface area contributed by atoms with Crippen LogP contribution in [0.15, 0.2) is 18.2 Å². The molecule has 110 valence electrons. The van der Waals surface area contributed by atoms with Crippen LogP contribution in [0.4, 0.5) is 5.69 Å². The summed E-state index contributed by atoms with van der Waals surface area (Å²) in [6, 6.07) is 6.11. The highest BCUT2D eigenvalue weighted by molar-refractivity contribution is 7.99. The predicted octanol–water partition coefficient (Wildman–Crippen LogP) is 2.97. The molecule has 1 saturated heterocycles. The van der Waals surface area contributed by atoms with Crippen LogP contribution in [-0.4, -0.2) is 30.5 Å². The largest absolute Gasteiger partial charge is 0.325 e.